The molecule has 1 N–H and O–H groups in total. The Kier molecular flexibility index (Phi) is 5.25. The van der Waals surface area contributed by atoms with Gasteiger partial charge in [-0.3, -0.25) is 9.59 Å². The van der Waals surface area contributed by atoms with Crippen LogP contribution in [0.4, 0.5) is 5.69 Å². The number of pyridine rings is 1. The number of hydrogen-bond acceptors (Lipinski definition) is 5. The van der Waals surface area contributed by atoms with Crippen molar-refractivity contribution in [2.24, 2.45) is 0 Å². The lowest BCUT2D eigenvalue weighted by molar-refractivity contribution is -0.117. The summed E-state index contributed by atoms with van der Waals surface area (Å²) in [6.07, 6.45) is 2.63. The molecule has 3 heterocycles. The van der Waals surface area contributed by atoms with Crippen LogP contribution in [0.1, 0.15) is 28.8 Å². The minimum Gasteiger partial charge on any atom is -0.472 e. The normalized spacial score (nSPS) is 21.8. The van der Waals surface area contributed by atoms with Gasteiger partial charge in [-0.15, -0.1) is 0 Å². The van der Waals surface area contributed by atoms with Gasteiger partial charge in [0, 0.05) is 42.9 Å². The summed E-state index contributed by atoms with van der Waals surface area (Å²) in [5.74, 6) is 0.180. The number of nitrogens with zero attached hydrogens (tertiary/aromatic N) is 2. The second kappa shape index (κ2) is 7.98. The first kappa shape index (κ1) is 18.4. The number of benzene rings is 1. The first-order valence-electron chi connectivity index (χ1n) is 9.47. The molecule has 146 valence electrons. The molecule has 4 rings (SSSR count). The molecule has 2 atom stereocenters. The lowest BCUT2D eigenvalue weighted by atomic mass is 10.2. The summed E-state index contributed by atoms with van der Waals surface area (Å²) in [7, 11) is 0. The van der Waals surface area contributed by atoms with Crippen molar-refractivity contribution in [2.75, 3.05) is 24.7 Å². The summed E-state index contributed by atoms with van der Waals surface area (Å²) in [4.78, 5) is 30.9. The van der Waals surface area contributed by atoms with Gasteiger partial charge in [0.1, 0.15) is 6.10 Å². The summed E-state index contributed by atoms with van der Waals surface area (Å²) in [6, 6.07) is 10.8. The van der Waals surface area contributed by atoms with Crippen molar-refractivity contribution < 1.29 is 19.1 Å². The highest BCUT2D eigenvalue weighted by atomic mass is 16.5. The minimum atomic E-state index is -0.238. The third-order valence-corrected chi connectivity index (χ3v) is 4.98. The number of anilines is 1. The maximum absolute atomic E-state index is 12.6. The Morgan fingerprint density at radius 3 is 2.86 bits per heavy atom. The van der Waals surface area contributed by atoms with Crippen LogP contribution in [0.2, 0.25) is 0 Å². The highest BCUT2D eigenvalue weighted by Gasteiger charge is 2.31. The Morgan fingerprint density at radius 1 is 1.29 bits per heavy atom. The molecule has 2 fully saturated rings. The first-order valence-corrected chi connectivity index (χ1v) is 9.47. The lowest BCUT2D eigenvalue weighted by Crippen LogP contribution is -2.37. The van der Waals surface area contributed by atoms with E-state index >= 15 is 0 Å². The van der Waals surface area contributed by atoms with Gasteiger partial charge in [0.2, 0.25) is 11.8 Å². The Morgan fingerprint density at radius 2 is 2.11 bits per heavy atom. The number of rotatable bonds is 5. The molecular formula is C21H23N3O4. The lowest BCUT2D eigenvalue weighted by Gasteiger charge is -2.17. The van der Waals surface area contributed by atoms with Crippen LogP contribution in [0.5, 0.6) is 5.88 Å². The summed E-state index contributed by atoms with van der Waals surface area (Å²) in [5.41, 5.74) is 2.45. The number of amides is 2. The zero-order chi connectivity index (χ0) is 19.5. The number of ether oxygens (including phenoxy) is 2. The quantitative estimate of drug-likeness (QED) is 0.858. The van der Waals surface area contributed by atoms with E-state index in [2.05, 4.69) is 10.3 Å². The molecule has 0 aliphatic carbocycles. The van der Waals surface area contributed by atoms with Crippen LogP contribution in [-0.2, 0) is 9.53 Å². The molecule has 7 nitrogen and oxygen atoms in total. The van der Waals surface area contributed by atoms with Crippen LogP contribution in [0.25, 0.3) is 0 Å². The Labute approximate surface area is 163 Å². The number of aryl methyl sites for hydroxylation is 1. The number of carbonyl (C=O) groups excluding carboxylic acids is 2. The van der Waals surface area contributed by atoms with Crippen molar-refractivity contribution in [2.45, 2.75) is 31.9 Å². The second-order valence-electron chi connectivity index (χ2n) is 7.20. The molecule has 1 aromatic carbocycles. The molecule has 2 aliphatic rings. The van der Waals surface area contributed by atoms with Crippen LogP contribution < -0.4 is 15.0 Å². The number of hydrogen-bond donors (Lipinski definition) is 1. The van der Waals surface area contributed by atoms with Gasteiger partial charge < -0.3 is 19.7 Å². The standard InChI is InChI=1S/C21H23N3O4/c1-14-2-4-17(5-3-14)24-12-16(11-20(24)25)23-21(26)15-6-8-22-19(10-15)28-18-7-9-27-13-18/h2-6,8,10,16,18H,7,9,11-13H2,1H3,(H,23,26). The van der Waals surface area contributed by atoms with E-state index in [9.17, 15) is 9.59 Å². The van der Waals surface area contributed by atoms with E-state index in [4.69, 9.17) is 9.47 Å². The highest BCUT2D eigenvalue weighted by Crippen LogP contribution is 2.22. The van der Waals surface area contributed by atoms with E-state index < -0.39 is 0 Å². The molecule has 0 spiro atoms. The van der Waals surface area contributed by atoms with Gasteiger partial charge in [0.25, 0.3) is 5.91 Å². The van der Waals surface area contributed by atoms with E-state index in [-0.39, 0.29) is 30.4 Å². The molecule has 2 saturated heterocycles. The maximum Gasteiger partial charge on any atom is 0.251 e. The third-order valence-electron chi connectivity index (χ3n) is 4.98. The molecule has 1 aromatic heterocycles. The zero-order valence-electron chi connectivity index (χ0n) is 15.8. The average molecular weight is 381 g/mol. The third kappa shape index (κ3) is 4.14. The fraction of sp³-hybridized carbons (Fsp3) is 0.381. The molecule has 28 heavy (non-hydrogen) atoms. The molecule has 7 heteroatoms. The van der Waals surface area contributed by atoms with Crippen molar-refractivity contribution in [1.82, 2.24) is 10.3 Å². The monoisotopic (exact) mass is 381 g/mol. The molecule has 0 saturated carbocycles. The minimum absolute atomic E-state index is 0.00846. The van der Waals surface area contributed by atoms with Crippen LogP contribution >= 0.6 is 0 Å². The summed E-state index contributed by atoms with van der Waals surface area (Å²) in [5, 5.41) is 2.95. The van der Waals surface area contributed by atoms with E-state index in [0.717, 1.165) is 17.7 Å². The average Bonchev–Trinajstić information content (AvgIpc) is 3.32. The number of aromatic nitrogens is 1. The van der Waals surface area contributed by atoms with E-state index in [1.54, 1.807) is 23.2 Å². The van der Waals surface area contributed by atoms with Gasteiger partial charge in [-0.1, -0.05) is 17.7 Å². The van der Waals surface area contributed by atoms with E-state index in [1.807, 2.05) is 31.2 Å². The number of carbonyl (C=O) groups is 2. The largest absolute Gasteiger partial charge is 0.472 e. The topological polar surface area (TPSA) is 80.8 Å². The SMILES string of the molecule is Cc1ccc(N2CC(NC(=O)c3ccnc(OC4CCOC4)c3)CC2=O)cc1. The van der Waals surface area contributed by atoms with Gasteiger partial charge in [-0.25, -0.2) is 4.98 Å². The van der Waals surface area contributed by atoms with Gasteiger partial charge in [0.15, 0.2) is 0 Å². The predicted molar refractivity (Wildman–Crippen MR) is 103 cm³/mol. The van der Waals surface area contributed by atoms with E-state index in [0.29, 0.717) is 31.2 Å². The molecule has 0 bridgehead atoms. The van der Waals surface area contributed by atoms with Crippen LogP contribution in [0.15, 0.2) is 42.6 Å². The van der Waals surface area contributed by atoms with Crippen LogP contribution in [0.3, 0.4) is 0 Å². The molecule has 2 amide bonds. The summed E-state index contributed by atoms with van der Waals surface area (Å²) < 4.78 is 11.0. The second-order valence-corrected chi connectivity index (χ2v) is 7.20. The van der Waals surface area contributed by atoms with E-state index in [1.165, 1.54) is 0 Å². The molecule has 2 unspecified atom stereocenters. The van der Waals surface area contributed by atoms with Crippen molar-refractivity contribution >= 4 is 17.5 Å². The molecular weight excluding hydrogens is 358 g/mol. The van der Waals surface area contributed by atoms with Crippen molar-refractivity contribution in [3.63, 3.8) is 0 Å². The maximum atomic E-state index is 12.6. The van der Waals surface area contributed by atoms with Crippen molar-refractivity contribution in [3.8, 4) is 5.88 Å². The molecule has 0 radical (unpaired) electrons. The smallest absolute Gasteiger partial charge is 0.251 e. The molecule has 2 aliphatic heterocycles. The number of nitrogens with one attached hydrogen (secondary N) is 1. The molecule has 2 aromatic rings. The van der Waals surface area contributed by atoms with Crippen LogP contribution in [0, 0.1) is 6.92 Å². The van der Waals surface area contributed by atoms with Gasteiger partial charge >= 0.3 is 0 Å². The Hall–Kier alpha value is -2.93. The van der Waals surface area contributed by atoms with Crippen molar-refractivity contribution in [3.05, 3.63) is 53.7 Å². The Bertz CT molecular complexity index is 862. The van der Waals surface area contributed by atoms with Crippen LogP contribution in [-0.4, -0.2) is 48.7 Å². The van der Waals surface area contributed by atoms with Gasteiger partial charge in [-0.05, 0) is 25.1 Å². The fourth-order valence-electron chi connectivity index (χ4n) is 3.44. The summed E-state index contributed by atoms with van der Waals surface area (Å²) in [6.45, 7) is 3.68. The van der Waals surface area contributed by atoms with Gasteiger partial charge in [0.05, 0.1) is 19.3 Å². The first-order chi connectivity index (χ1) is 13.6. The van der Waals surface area contributed by atoms with Crippen molar-refractivity contribution in [1.29, 1.82) is 0 Å². The zero-order valence-corrected chi connectivity index (χ0v) is 15.8. The summed E-state index contributed by atoms with van der Waals surface area (Å²) >= 11 is 0. The van der Waals surface area contributed by atoms with Gasteiger partial charge in [-0.2, -0.15) is 0 Å². The highest BCUT2D eigenvalue weighted by molar-refractivity contribution is 5.99. The predicted octanol–water partition coefficient (Wildman–Crippen LogP) is 2.09. The fourth-order valence-corrected chi connectivity index (χ4v) is 3.44. The Balaban J connectivity index is 1.38.